The lowest BCUT2D eigenvalue weighted by Gasteiger charge is -2.15. The van der Waals surface area contributed by atoms with E-state index < -0.39 is 5.97 Å². The largest absolute Gasteiger partial charge is 0.478 e. The van der Waals surface area contributed by atoms with Gasteiger partial charge in [-0.2, -0.15) is 0 Å². The molecule has 0 saturated heterocycles. The van der Waals surface area contributed by atoms with Crippen LogP contribution in [0.4, 0.5) is 5.69 Å². The van der Waals surface area contributed by atoms with Gasteiger partial charge in [-0.1, -0.05) is 60.3 Å². The van der Waals surface area contributed by atoms with Crippen molar-refractivity contribution in [2.45, 2.75) is 24.2 Å². The number of carbonyl (C=O) groups excluding carboxylic acids is 1. The molecule has 4 nitrogen and oxygen atoms in total. The molecule has 0 atom stereocenters. The summed E-state index contributed by atoms with van der Waals surface area (Å²) < 4.78 is 0. The van der Waals surface area contributed by atoms with Gasteiger partial charge in [0.15, 0.2) is 5.78 Å². The van der Waals surface area contributed by atoms with E-state index in [-0.39, 0.29) is 5.56 Å². The first-order chi connectivity index (χ1) is 16.1. The van der Waals surface area contributed by atoms with E-state index in [4.69, 9.17) is 5.11 Å². The standard InChI is InChI=1S/C18H14O.C10H7NO2S/c19-17-7-3-5-13-9-10-15-14-6-2-1-4-12(14)8-11-16(15)18(13)17;12-10(13)7-2-3-9-8(6-7)11-4-1-5-14-9/h1-2,4-6,8-10H,3,7,11H2;1-6H,(H,12,13). The van der Waals surface area contributed by atoms with Crippen LogP contribution in [0.3, 0.4) is 0 Å². The first-order valence-corrected chi connectivity index (χ1v) is 11.7. The molecule has 33 heavy (non-hydrogen) atoms. The topological polar surface area (TPSA) is 66.7 Å². The quantitative estimate of drug-likeness (QED) is 0.579. The molecule has 0 spiro atoms. The minimum Gasteiger partial charge on any atom is -0.478 e. The number of carbonyl (C=O) groups is 2. The van der Waals surface area contributed by atoms with E-state index in [0.29, 0.717) is 17.9 Å². The SMILES string of the molecule is O=C(O)c1ccc2c(c1)N=CC=CS2.O=C1CCC=c2ccc3c(c21)CC=c1ccccc1=3. The Morgan fingerprint density at radius 3 is 2.73 bits per heavy atom. The zero-order valence-electron chi connectivity index (χ0n) is 17.8. The van der Waals surface area contributed by atoms with Crippen molar-refractivity contribution in [1.29, 1.82) is 0 Å². The van der Waals surface area contributed by atoms with Crippen molar-refractivity contribution in [3.8, 4) is 0 Å². The number of thioether (sulfide) groups is 1. The summed E-state index contributed by atoms with van der Waals surface area (Å²) in [7, 11) is 0. The fourth-order valence-corrected chi connectivity index (χ4v) is 5.04. The maximum atomic E-state index is 12.2. The van der Waals surface area contributed by atoms with Crippen LogP contribution >= 0.6 is 11.8 Å². The Bertz CT molecular complexity index is 1570. The zero-order valence-corrected chi connectivity index (χ0v) is 18.6. The van der Waals surface area contributed by atoms with E-state index in [0.717, 1.165) is 28.5 Å². The second-order valence-corrected chi connectivity index (χ2v) is 8.88. The van der Waals surface area contributed by atoms with E-state index in [1.54, 1.807) is 24.4 Å². The van der Waals surface area contributed by atoms with Crippen LogP contribution < -0.4 is 10.4 Å². The van der Waals surface area contributed by atoms with Crippen molar-refractivity contribution in [2.75, 3.05) is 0 Å². The number of aliphatic imine (C=N–C) groups is 1. The Hall–Kier alpha value is -3.70. The summed E-state index contributed by atoms with van der Waals surface area (Å²) in [6.07, 6.45) is 10.3. The predicted molar refractivity (Wildman–Crippen MR) is 133 cm³/mol. The molecule has 0 unspecified atom stereocenters. The third-order valence-corrected chi connectivity index (χ3v) is 6.81. The fourth-order valence-electron chi connectivity index (χ4n) is 4.37. The zero-order chi connectivity index (χ0) is 22.8. The molecule has 0 radical (unpaired) electrons. The van der Waals surface area contributed by atoms with Gasteiger partial charge >= 0.3 is 5.97 Å². The van der Waals surface area contributed by atoms with Crippen LogP contribution in [0.25, 0.3) is 12.2 Å². The summed E-state index contributed by atoms with van der Waals surface area (Å²) in [5.41, 5.74) is 3.16. The summed E-state index contributed by atoms with van der Waals surface area (Å²) in [4.78, 5) is 28.0. The lowest BCUT2D eigenvalue weighted by Crippen LogP contribution is -2.24. The van der Waals surface area contributed by atoms with Gasteiger partial charge in [-0.05, 0) is 69.0 Å². The van der Waals surface area contributed by atoms with E-state index in [1.165, 1.54) is 33.0 Å². The number of aromatic carboxylic acids is 1. The maximum absolute atomic E-state index is 12.2. The Labute approximate surface area is 195 Å². The Morgan fingerprint density at radius 2 is 1.85 bits per heavy atom. The van der Waals surface area contributed by atoms with Gasteiger partial charge < -0.3 is 5.11 Å². The summed E-state index contributed by atoms with van der Waals surface area (Å²) >= 11 is 1.53. The molecular formula is C28H21NO3S. The van der Waals surface area contributed by atoms with Gasteiger partial charge in [0.25, 0.3) is 0 Å². The van der Waals surface area contributed by atoms with Crippen LogP contribution in [0.5, 0.6) is 0 Å². The van der Waals surface area contributed by atoms with Gasteiger partial charge in [0.05, 0.1) is 11.3 Å². The predicted octanol–water partition coefficient (Wildman–Crippen LogP) is 4.77. The Morgan fingerprint density at radius 1 is 0.970 bits per heavy atom. The number of nitrogens with zero attached hydrogens (tertiary/aromatic N) is 1. The number of carboxylic acids is 1. The number of Topliss-reactive ketones (excluding diaryl/α,β-unsaturated/α-hetero) is 1. The number of allylic oxidation sites excluding steroid dienone is 1. The third kappa shape index (κ3) is 4.20. The molecule has 0 bridgehead atoms. The molecule has 0 aromatic heterocycles. The van der Waals surface area contributed by atoms with Crippen molar-refractivity contribution in [1.82, 2.24) is 0 Å². The molecule has 5 heteroatoms. The van der Waals surface area contributed by atoms with Crippen molar-refractivity contribution in [3.63, 3.8) is 0 Å². The maximum Gasteiger partial charge on any atom is 0.335 e. The van der Waals surface area contributed by atoms with Gasteiger partial charge in [0.1, 0.15) is 0 Å². The van der Waals surface area contributed by atoms with Crippen LogP contribution in [-0.2, 0) is 6.42 Å². The average Bonchev–Trinajstić information content (AvgIpc) is 3.09. The van der Waals surface area contributed by atoms with E-state index in [9.17, 15) is 9.59 Å². The Balaban J connectivity index is 0.000000146. The molecule has 0 amide bonds. The molecule has 3 aromatic carbocycles. The number of ketones is 1. The monoisotopic (exact) mass is 451 g/mol. The van der Waals surface area contributed by atoms with Gasteiger partial charge in [-0.3, -0.25) is 9.79 Å². The van der Waals surface area contributed by atoms with Crippen molar-refractivity contribution >= 4 is 47.6 Å². The summed E-state index contributed by atoms with van der Waals surface area (Å²) in [5, 5.41) is 15.6. The molecule has 1 aliphatic heterocycles. The number of hydrogen-bond acceptors (Lipinski definition) is 4. The number of benzene rings is 3. The molecule has 3 aromatic rings. The number of fused-ring (bicyclic) bond motifs is 5. The van der Waals surface area contributed by atoms with Gasteiger partial charge in [-0.15, -0.1) is 0 Å². The van der Waals surface area contributed by atoms with Gasteiger partial charge in [0, 0.05) is 23.1 Å². The van der Waals surface area contributed by atoms with Crippen LogP contribution in [0, 0.1) is 10.4 Å². The van der Waals surface area contributed by atoms with Crippen molar-refractivity contribution in [3.05, 3.63) is 104 Å². The van der Waals surface area contributed by atoms with Crippen LogP contribution in [0.15, 0.2) is 76.0 Å². The second kappa shape index (κ2) is 9.04. The highest BCUT2D eigenvalue weighted by Gasteiger charge is 2.17. The Kier molecular flexibility index (Phi) is 5.80. The van der Waals surface area contributed by atoms with Crippen LogP contribution in [0.1, 0.15) is 39.1 Å². The molecule has 0 fully saturated rings. The first kappa shape index (κ1) is 21.2. The molecule has 1 heterocycles. The van der Waals surface area contributed by atoms with E-state index in [1.807, 2.05) is 11.5 Å². The third-order valence-electron chi connectivity index (χ3n) is 5.92. The number of rotatable bonds is 1. The fraction of sp³-hybridized carbons (Fsp3) is 0.107. The normalized spacial score (nSPS) is 14.7. The van der Waals surface area contributed by atoms with Gasteiger partial charge in [0.2, 0.25) is 0 Å². The summed E-state index contributed by atoms with van der Waals surface area (Å²) in [6, 6.07) is 17.6. The van der Waals surface area contributed by atoms with Gasteiger partial charge in [-0.25, -0.2) is 4.79 Å². The second-order valence-electron chi connectivity index (χ2n) is 7.93. The van der Waals surface area contributed by atoms with E-state index in [2.05, 4.69) is 53.5 Å². The minimum atomic E-state index is -0.926. The lowest BCUT2D eigenvalue weighted by atomic mass is 9.88. The van der Waals surface area contributed by atoms with E-state index >= 15 is 0 Å². The number of hydrogen-bond donors (Lipinski definition) is 1. The highest BCUT2D eigenvalue weighted by Crippen LogP contribution is 2.32. The molecule has 0 saturated carbocycles. The highest BCUT2D eigenvalue weighted by atomic mass is 32.2. The smallest absolute Gasteiger partial charge is 0.335 e. The lowest BCUT2D eigenvalue weighted by molar-refractivity contribution is 0.0696. The molecule has 6 rings (SSSR count). The summed E-state index contributed by atoms with van der Waals surface area (Å²) in [6.45, 7) is 0. The average molecular weight is 452 g/mol. The number of carboxylic acid groups (broad SMARTS) is 1. The minimum absolute atomic E-state index is 0.267. The summed E-state index contributed by atoms with van der Waals surface area (Å²) in [5.74, 6) is -0.618. The molecule has 1 N–H and O–H groups in total. The van der Waals surface area contributed by atoms with Crippen molar-refractivity contribution < 1.29 is 14.7 Å². The molecular weight excluding hydrogens is 430 g/mol. The molecule has 162 valence electrons. The van der Waals surface area contributed by atoms with Crippen molar-refractivity contribution in [2.24, 2.45) is 4.99 Å². The molecule has 2 aliphatic carbocycles. The van der Waals surface area contributed by atoms with Crippen LogP contribution in [-0.4, -0.2) is 23.1 Å². The van der Waals surface area contributed by atoms with Crippen LogP contribution in [0.2, 0.25) is 0 Å². The first-order valence-electron chi connectivity index (χ1n) is 10.8. The highest BCUT2D eigenvalue weighted by molar-refractivity contribution is 8.02. The molecule has 3 aliphatic rings.